The second-order valence-electron chi connectivity index (χ2n) is 5.09. The first-order valence-corrected chi connectivity index (χ1v) is 8.32. The van der Waals surface area contributed by atoms with Crippen molar-refractivity contribution >= 4 is 9.84 Å². The lowest BCUT2D eigenvalue weighted by molar-refractivity contribution is 0.271. The van der Waals surface area contributed by atoms with Gasteiger partial charge in [-0.2, -0.15) is 5.26 Å². The topological polar surface area (TPSA) is 73.2 Å². The maximum atomic E-state index is 12.3. The van der Waals surface area contributed by atoms with Crippen LogP contribution in [0.15, 0.2) is 29.2 Å². The summed E-state index contributed by atoms with van der Waals surface area (Å²) >= 11 is 0. The molecule has 0 bridgehead atoms. The molecule has 0 spiro atoms. The molecule has 1 fully saturated rings. The van der Waals surface area contributed by atoms with Crippen LogP contribution in [0, 0.1) is 11.3 Å². The number of rotatable bonds is 5. The molecule has 1 aromatic rings. The van der Waals surface area contributed by atoms with Gasteiger partial charge in [0.15, 0.2) is 9.84 Å². The summed E-state index contributed by atoms with van der Waals surface area (Å²) in [5, 5.41) is 12.1. The number of nitrogens with zero attached hydrogens (tertiary/aromatic N) is 2. The Hall–Kier alpha value is -1.42. The highest BCUT2D eigenvalue weighted by Gasteiger charge is 2.22. The number of nitriles is 1. The van der Waals surface area contributed by atoms with Crippen LogP contribution in [-0.4, -0.2) is 51.8 Å². The van der Waals surface area contributed by atoms with E-state index in [9.17, 15) is 8.42 Å². The van der Waals surface area contributed by atoms with E-state index in [0.717, 1.165) is 19.5 Å². The quantitative estimate of drug-likeness (QED) is 0.862. The average molecular weight is 293 g/mol. The van der Waals surface area contributed by atoms with Gasteiger partial charge in [0.2, 0.25) is 0 Å². The van der Waals surface area contributed by atoms with E-state index in [4.69, 9.17) is 5.26 Å². The zero-order valence-electron chi connectivity index (χ0n) is 11.5. The average Bonchev–Trinajstić information content (AvgIpc) is 2.99. The summed E-state index contributed by atoms with van der Waals surface area (Å²) in [6.07, 6.45) is 1.06. The van der Waals surface area contributed by atoms with Crippen molar-refractivity contribution in [3.63, 3.8) is 0 Å². The Morgan fingerprint density at radius 1 is 1.50 bits per heavy atom. The van der Waals surface area contributed by atoms with E-state index >= 15 is 0 Å². The van der Waals surface area contributed by atoms with E-state index in [0.29, 0.717) is 18.2 Å². The first-order chi connectivity index (χ1) is 9.53. The molecule has 1 atom stereocenters. The maximum Gasteiger partial charge on any atom is 0.179 e. The molecule has 1 heterocycles. The van der Waals surface area contributed by atoms with Crippen molar-refractivity contribution in [1.29, 1.82) is 5.26 Å². The highest BCUT2D eigenvalue weighted by molar-refractivity contribution is 7.91. The molecule has 5 nitrogen and oxygen atoms in total. The zero-order chi connectivity index (χ0) is 14.6. The van der Waals surface area contributed by atoms with Gasteiger partial charge in [-0.3, -0.25) is 0 Å². The number of benzene rings is 1. The van der Waals surface area contributed by atoms with Gasteiger partial charge in [0, 0.05) is 19.1 Å². The van der Waals surface area contributed by atoms with Crippen LogP contribution in [0.4, 0.5) is 0 Å². The number of hydrogen-bond donors (Lipinski definition) is 1. The summed E-state index contributed by atoms with van der Waals surface area (Å²) in [4.78, 5) is 2.32. The normalized spacial score (nSPS) is 19.1. The molecule has 1 N–H and O–H groups in total. The van der Waals surface area contributed by atoms with Crippen LogP contribution >= 0.6 is 0 Å². The lowest BCUT2D eigenvalue weighted by atomic mass is 10.2. The summed E-state index contributed by atoms with van der Waals surface area (Å²) < 4.78 is 24.5. The number of nitrogens with one attached hydrogen (secondary N) is 1. The smallest absolute Gasteiger partial charge is 0.179 e. The predicted octanol–water partition coefficient (Wildman–Crippen LogP) is 0.626. The predicted molar refractivity (Wildman–Crippen MR) is 77.1 cm³/mol. The molecule has 1 saturated heterocycles. The van der Waals surface area contributed by atoms with Crippen molar-refractivity contribution < 1.29 is 8.42 Å². The van der Waals surface area contributed by atoms with Gasteiger partial charge in [0.05, 0.1) is 22.3 Å². The fourth-order valence-electron chi connectivity index (χ4n) is 2.34. The second-order valence-corrected chi connectivity index (χ2v) is 7.19. The van der Waals surface area contributed by atoms with Crippen molar-refractivity contribution in [1.82, 2.24) is 10.2 Å². The molecule has 1 unspecified atom stereocenters. The third-order valence-corrected chi connectivity index (χ3v) is 5.38. The lowest BCUT2D eigenvalue weighted by Crippen LogP contribution is -2.36. The van der Waals surface area contributed by atoms with Gasteiger partial charge in [0.1, 0.15) is 0 Å². The molecule has 0 saturated carbocycles. The first-order valence-electron chi connectivity index (χ1n) is 6.67. The SMILES string of the molecule is CN(CCS(=O)(=O)c1cccc(C#N)c1)C1CCNC1. The molecule has 0 aromatic heterocycles. The largest absolute Gasteiger partial charge is 0.315 e. The Bertz CT molecular complexity index is 601. The van der Waals surface area contributed by atoms with Crippen LogP contribution in [0.3, 0.4) is 0 Å². The minimum Gasteiger partial charge on any atom is -0.315 e. The van der Waals surface area contributed by atoms with Gasteiger partial charge >= 0.3 is 0 Å². The fraction of sp³-hybridized carbons (Fsp3) is 0.500. The molecule has 1 aliphatic rings. The van der Waals surface area contributed by atoms with Crippen molar-refractivity contribution in [2.45, 2.75) is 17.4 Å². The van der Waals surface area contributed by atoms with Crippen LogP contribution in [0.5, 0.6) is 0 Å². The Labute approximate surface area is 120 Å². The second kappa shape index (κ2) is 6.35. The summed E-state index contributed by atoms with van der Waals surface area (Å²) in [7, 11) is -1.37. The highest BCUT2D eigenvalue weighted by Crippen LogP contribution is 2.14. The van der Waals surface area contributed by atoms with E-state index in [-0.39, 0.29) is 10.6 Å². The monoisotopic (exact) mass is 293 g/mol. The Morgan fingerprint density at radius 2 is 2.30 bits per heavy atom. The van der Waals surface area contributed by atoms with E-state index < -0.39 is 9.84 Å². The Kier molecular flexibility index (Phi) is 4.76. The Balaban J connectivity index is 2.01. The molecule has 108 valence electrons. The van der Waals surface area contributed by atoms with Gasteiger partial charge in [-0.15, -0.1) is 0 Å². The van der Waals surface area contributed by atoms with Crippen molar-refractivity contribution in [2.24, 2.45) is 0 Å². The zero-order valence-corrected chi connectivity index (χ0v) is 12.4. The molecule has 0 radical (unpaired) electrons. The Morgan fingerprint density at radius 3 is 2.95 bits per heavy atom. The molecular weight excluding hydrogens is 274 g/mol. The van der Waals surface area contributed by atoms with Gasteiger partial charge in [0.25, 0.3) is 0 Å². The highest BCUT2D eigenvalue weighted by atomic mass is 32.2. The van der Waals surface area contributed by atoms with Crippen molar-refractivity contribution in [2.75, 3.05) is 32.4 Å². The summed E-state index contributed by atoms with van der Waals surface area (Å²) in [6.45, 7) is 2.41. The van der Waals surface area contributed by atoms with Gasteiger partial charge in [-0.25, -0.2) is 8.42 Å². The molecule has 1 aromatic carbocycles. The summed E-state index contributed by atoms with van der Waals surface area (Å²) in [5.74, 6) is 0.0783. The van der Waals surface area contributed by atoms with Crippen LogP contribution < -0.4 is 5.32 Å². The van der Waals surface area contributed by atoms with Gasteiger partial charge in [-0.05, 0) is 38.2 Å². The lowest BCUT2D eigenvalue weighted by Gasteiger charge is -2.23. The fourth-order valence-corrected chi connectivity index (χ4v) is 3.70. The minimum atomic E-state index is -3.33. The number of hydrogen-bond acceptors (Lipinski definition) is 5. The molecular formula is C14H19N3O2S. The minimum absolute atomic E-state index is 0.0783. The van der Waals surface area contributed by atoms with Crippen molar-refractivity contribution in [3.8, 4) is 6.07 Å². The van der Waals surface area contributed by atoms with E-state index in [1.54, 1.807) is 18.2 Å². The number of sulfone groups is 1. The summed E-state index contributed by atoms with van der Waals surface area (Å²) in [5.41, 5.74) is 0.374. The van der Waals surface area contributed by atoms with E-state index in [2.05, 4.69) is 10.2 Å². The number of likely N-dealkylation sites (N-methyl/N-ethyl adjacent to an activating group) is 1. The third kappa shape index (κ3) is 3.57. The van der Waals surface area contributed by atoms with Crippen LogP contribution in [0.2, 0.25) is 0 Å². The van der Waals surface area contributed by atoms with E-state index in [1.807, 2.05) is 13.1 Å². The van der Waals surface area contributed by atoms with Crippen LogP contribution in [0.25, 0.3) is 0 Å². The molecule has 1 aliphatic heterocycles. The molecule has 0 aliphatic carbocycles. The van der Waals surface area contributed by atoms with Gasteiger partial charge in [-0.1, -0.05) is 6.07 Å². The van der Waals surface area contributed by atoms with Crippen LogP contribution in [0.1, 0.15) is 12.0 Å². The van der Waals surface area contributed by atoms with E-state index in [1.165, 1.54) is 6.07 Å². The first kappa shape index (κ1) is 15.0. The van der Waals surface area contributed by atoms with Gasteiger partial charge < -0.3 is 10.2 Å². The molecule has 20 heavy (non-hydrogen) atoms. The maximum absolute atomic E-state index is 12.3. The third-order valence-electron chi connectivity index (χ3n) is 3.69. The van der Waals surface area contributed by atoms with Crippen molar-refractivity contribution in [3.05, 3.63) is 29.8 Å². The van der Waals surface area contributed by atoms with Crippen LogP contribution in [-0.2, 0) is 9.84 Å². The summed E-state index contributed by atoms with van der Waals surface area (Å²) in [6, 6.07) is 8.58. The molecule has 0 amide bonds. The molecule has 2 rings (SSSR count). The molecule has 6 heteroatoms. The standard InChI is InChI=1S/C14H19N3O2S/c1-17(13-5-6-16-11-13)7-8-20(18,19)14-4-2-3-12(9-14)10-15/h2-4,9,13,16H,5-8,11H2,1H3.